The van der Waals surface area contributed by atoms with E-state index in [1.165, 1.54) is 0 Å². The molecule has 0 saturated carbocycles. The Morgan fingerprint density at radius 1 is 1.45 bits per heavy atom. The lowest BCUT2D eigenvalue weighted by Gasteiger charge is -2.47. The monoisotopic (exact) mass is 342 g/mol. The summed E-state index contributed by atoms with van der Waals surface area (Å²) in [5.74, 6) is 0.933. The second kappa shape index (κ2) is 6.11. The van der Waals surface area contributed by atoms with E-state index in [-0.39, 0.29) is 16.1 Å². The average molecular weight is 342 g/mol. The zero-order valence-corrected chi connectivity index (χ0v) is 14.6. The predicted octanol–water partition coefficient (Wildman–Crippen LogP) is 1.90. The number of pyridine rings is 1. The Morgan fingerprint density at radius 3 is 2.86 bits per heavy atom. The fraction of sp³-hybridized carbons (Fsp3) is 0.667. The molecule has 0 N–H and O–H groups in total. The Labute approximate surface area is 136 Å². The predicted molar refractivity (Wildman–Crippen MR) is 88.2 cm³/mol. The van der Waals surface area contributed by atoms with Gasteiger partial charge < -0.3 is 4.74 Å². The van der Waals surface area contributed by atoms with Crippen LogP contribution in [0.15, 0.2) is 24.4 Å². The van der Waals surface area contributed by atoms with Crippen molar-refractivity contribution in [1.29, 1.82) is 0 Å². The molecule has 2 aliphatic rings. The van der Waals surface area contributed by atoms with Gasteiger partial charge in [0.1, 0.15) is 0 Å². The van der Waals surface area contributed by atoms with Crippen molar-refractivity contribution in [2.75, 3.05) is 18.8 Å². The van der Waals surface area contributed by atoms with E-state index >= 15 is 0 Å². The number of aromatic nitrogens is 1. The van der Waals surface area contributed by atoms with Crippen molar-refractivity contribution in [3.05, 3.63) is 30.1 Å². The van der Waals surface area contributed by atoms with Gasteiger partial charge in [0.25, 0.3) is 0 Å². The first kappa shape index (κ1) is 16.2. The molecule has 0 aromatic carbocycles. The van der Waals surface area contributed by atoms with Gasteiger partial charge in [-0.15, -0.1) is 11.8 Å². The van der Waals surface area contributed by atoms with Crippen molar-refractivity contribution >= 4 is 21.8 Å². The molecule has 2 aliphatic heterocycles. The van der Waals surface area contributed by atoms with E-state index in [1.807, 2.05) is 30.0 Å². The third-order valence-corrected chi connectivity index (χ3v) is 8.00. The highest BCUT2D eigenvalue weighted by Crippen LogP contribution is 2.47. The van der Waals surface area contributed by atoms with Crippen molar-refractivity contribution in [3.8, 4) is 0 Å². The van der Waals surface area contributed by atoms with E-state index in [2.05, 4.69) is 4.98 Å². The molecular weight excluding hydrogens is 320 g/mol. The third-order valence-electron chi connectivity index (χ3n) is 4.25. The van der Waals surface area contributed by atoms with Gasteiger partial charge in [-0.05, 0) is 32.4 Å². The Kier molecular flexibility index (Phi) is 4.51. The molecule has 1 aromatic heterocycles. The van der Waals surface area contributed by atoms with Crippen LogP contribution in [0.2, 0.25) is 0 Å². The molecule has 5 nitrogen and oxygen atoms in total. The standard InChI is InChI=1S/C15H22N2O3S2/c1-12(2)22(18,19)17-10-15(11-17)7-14(9-21-15)20-8-13-5-3-4-6-16-13/h3-6,12,14H,7-11H2,1-2H3. The average Bonchev–Trinajstić information content (AvgIpc) is 2.89. The van der Waals surface area contributed by atoms with Crippen LogP contribution in [0.25, 0.3) is 0 Å². The second-order valence-electron chi connectivity index (χ2n) is 6.31. The maximum atomic E-state index is 12.1. The van der Waals surface area contributed by atoms with Gasteiger partial charge in [-0.1, -0.05) is 6.07 Å². The molecule has 3 rings (SSSR count). The topological polar surface area (TPSA) is 59.5 Å². The van der Waals surface area contributed by atoms with Gasteiger partial charge in [0.15, 0.2) is 0 Å². The summed E-state index contributed by atoms with van der Waals surface area (Å²) in [7, 11) is -3.11. The Hall–Kier alpha value is -0.630. The number of sulfonamides is 1. The van der Waals surface area contributed by atoms with Crippen LogP contribution in [0.3, 0.4) is 0 Å². The van der Waals surface area contributed by atoms with Crippen molar-refractivity contribution < 1.29 is 13.2 Å². The molecule has 0 radical (unpaired) electrons. The molecule has 1 unspecified atom stereocenters. The quantitative estimate of drug-likeness (QED) is 0.818. The summed E-state index contributed by atoms with van der Waals surface area (Å²) in [6, 6.07) is 5.80. The highest BCUT2D eigenvalue weighted by atomic mass is 32.2. The first-order chi connectivity index (χ1) is 10.4. The maximum absolute atomic E-state index is 12.1. The summed E-state index contributed by atoms with van der Waals surface area (Å²) in [6.07, 6.45) is 2.88. The Balaban J connectivity index is 1.50. The summed E-state index contributed by atoms with van der Waals surface area (Å²) in [6.45, 7) is 5.25. The summed E-state index contributed by atoms with van der Waals surface area (Å²) >= 11 is 1.85. The van der Waals surface area contributed by atoms with Crippen LogP contribution < -0.4 is 0 Å². The lowest BCUT2D eigenvalue weighted by molar-refractivity contribution is 0.0380. The number of nitrogens with zero attached hydrogens (tertiary/aromatic N) is 2. The lowest BCUT2D eigenvalue weighted by Crippen LogP contribution is -2.61. The number of hydrogen-bond donors (Lipinski definition) is 0. The minimum atomic E-state index is -3.11. The highest BCUT2D eigenvalue weighted by molar-refractivity contribution is 8.01. The third kappa shape index (κ3) is 3.18. The number of rotatable bonds is 5. The Morgan fingerprint density at radius 2 is 2.23 bits per heavy atom. The molecule has 2 fully saturated rings. The van der Waals surface area contributed by atoms with E-state index in [9.17, 15) is 8.42 Å². The van der Waals surface area contributed by atoms with Crippen molar-refractivity contribution in [1.82, 2.24) is 9.29 Å². The summed E-state index contributed by atoms with van der Waals surface area (Å²) in [5.41, 5.74) is 0.936. The SMILES string of the molecule is CC(C)S(=O)(=O)N1CC2(CC(OCc3ccccn3)CS2)C1. The first-order valence-electron chi connectivity index (χ1n) is 7.56. The molecule has 0 aliphatic carbocycles. The minimum Gasteiger partial charge on any atom is -0.371 e. The van der Waals surface area contributed by atoms with Crippen LogP contribution in [0.4, 0.5) is 0 Å². The molecule has 122 valence electrons. The summed E-state index contributed by atoms with van der Waals surface area (Å²) in [5, 5.41) is -0.340. The van der Waals surface area contributed by atoms with Crippen molar-refractivity contribution in [2.45, 2.75) is 43.0 Å². The van der Waals surface area contributed by atoms with E-state index in [1.54, 1.807) is 24.3 Å². The molecule has 1 aromatic rings. The van der Waals surface area contributed by atoms with E-state index in [0.29, 0.717) is 19.7 Å². The number of hydrogen-bond acceptors (Lipinski definition) is 5. The van der Waals surface area contributed by atoms with Gasteiger partial charge >= 0.3 is 0 Å². The van der Waals surface area contributed by atoms with E-state index < -0.39 is 10.0 Å². The maximum Gasteiger partial charge on any atom is 0.216 e. The van der Waals surface area contributed by atoms with Crippen LogP contribution >= 0.6 is 11.8 Å². The zero-order valence-electron chi connectivity index (χ0n) is 12.9. The first-order valence-corrected chi connectivity index (χ1v) is 10.0. The second-order valence-corrected chi connectivity index (χ2v) is 10.3. The fourth-order valence-corrected chi connectivity index (χ4v) is 6.06. The van der Waals surface area contributed by atoms with Gasteiger partial charge in [0.05, 0.1) is 23.7 Å². The highest BCUT2D eigenvalue weighted by Gasteiger charge is 2.53. The molecule has 22 heavy (non-hydrogen) atoms. The van der Waals surface area contributed by atoms with Crippen LogP contribution in [-0.4, -0.2) is 52.7 Å². The van der Waals surface area contributed by atoms with Crippen molar-refractivity contribution in [3.63, 3.8) is 0 Å². The van der Waals surface area contributed by atoms with E-state index in [4.69, 9.17) is 4.74 Å². The molecule has 7 heteroatoms. The van der Waals surface area contributed by atoms with Crippen LogP contribution in [0.1, 0.15) is 26.0 Å². The van der Waals surface area contributed by atoms with E-state index in [0.717, 1.165) is 17.9 Å². The molecule has 0 bridgehead atoms. The summed E-state index contributed by atoms with van der Waals surface area (Å²) < 4.78 is 31.9. The lowest BCUT2D eigenvalue weighted by atomic mass is 9.95. The molecule has 0 amide bonds. The van der Waals surface area contributed by atoms with Gasteiger partial charge in [-0.2, -0.15) is 4.31 Å². The minimum absolute atomic E-state index is 0.0662. The smallest absolute Gasteiger partial charge is 0.216 e. The van der Waals surface area contributed by atoms with Crippen LogP contribution in [-0.2, 0) is 21.4 Å². The van der Waals surface area contributed by atoms with Gasteiger partial charge in [-0.25, -0.2) is 8.42 Å². The molecule has 1 spiro atoms. The normalized spacial score (nSPS) is 24.8. The van der Waals surface area contributed by atoms with Crippen molar-refractivity contribution in [2.24, 2.45) is 0 Å². The zero-order chi connectivity index (χ0) is 15.8. The van der Waals surface area contributed by atoms with Gasteiger partial charge in [0, 0.05) is 29.8 Å². The molecule has 1 atom stereocenters. The number of ether oxygens (including phenoxy) is 1. The number of thioether (sulfide) groups is 1. The fourth-order valence-electron chi connectivity index (χ4n) is 2.89. The summed E-state index contributed by atoms with van der Waals surface area (Å²) in [4.78, 5) is 4.25. The molecular formula is C15H22N2O3S2. The molecule has 3 heterocycles. The van der Waals surface area contributed by atoms with Gasteiger partial charge in [0.2, 0.25) is 10.0 Å². The van der Waals surface area contributed by atoms with Gasteiger partial charge in [-0.3, -0.25) is 4.98 Å². The van der Waals surface area contributed by atoms with Crippen LogP contribution in [0, 0.1) is 0 Å². The van der Waals surface area contributed by atoms with Crippen LogP contribution in [0.5, 0.6) is 0 Å². The largest absolute Gasteiger partial charge is 0.371 e. The molecule has 2 saturated heterocycles. The Bertz CT molecular complexity index is 613.